The van der Waals surface area contributed by atoms with Crippen molar-refractivity contribution in [2.45, 2.75) is 45.8 Å². The molecule has 2 atom stereocenters. The van der Waals surface area contributed by atoms with Crippen LogP contribution in [0.2, 0.25) is 0 Å². The zero-order chi connectivity index (χ0) is 24.5. The summed E-state index contributed by atoms with van der Waals surface area (Å²) in [5.74, 6) is 0.672. The molecule has 2 heterocycles. The van der Waals surface area contributed by atoms with Crippen molar-refractivity contribution in [2.75, 3.05) is 25.4 Å². The molecule has 0 radical (unpaired) electrons. The first-order valence-corrected chi connectivity index (χ1v) is 12.4. The fourth-order valence-electron chi connectivity index (χ4n) is 4.36. The number of hydrogen-bond donors (Lipinski definition) is 1. The molecule has 0 aliphatic carbocycles. The molecule has 0 bridgehead atoms. The van der Waals surface area contributed by atoms with Crippen LogP contribution in [0.3, 0.4) is 0 Å². The summed E-state index contributed by atoms with van der Waals surface area (Å²) >= 11 is -1.77. The van der Waals surface area contributed by atoms with E-state index in [2.05, 4.69) is 68.6 Å². The van der Waals surface area contributed by atoms with Gasteiger partial charge in [0.1, 0.15) is 6.10 Å². The molecule has 180 valence electrons. The number of hydrogen-bond acceptors (Lipinski definition) is 6. The molecule has 4 rings (SSSR count). The molecule has 1 N–H and O–H groups in total. The van der Waals surface area contributed by atoms with Crippen molar-refractivity contribution >= 4 is 17.2 Å². The first-order chi connectivity index (χ1) is 16.2. The number of benzene rings is 2. The van der Waals surface area contributed by atoms with Crippen molar-refractivity contribution in [1.82, 2.24) is 14.9 Å². The number of nitrogens with zero attached hydrogens (tertiary/aromatic N) is 3. The highest BCUT2D eigenvalue weighted by molar-refractivity contribution is 7.81. The largest absolute Gasteiger partial charge is 0.468 e. The van der Waals surface area contributed by atoms with Crippen LogP contribution in [-0.2, 0) is 27.4 Å². The van der Waals surface area contributed by atoms with Gasteiger partial charge in [0, 0.05) is 24.2 Å². The van der Waals surface area contributed by atoms with Crippen LogP contribution in [0.4, 0.5) is 5.95 Å². The van der Waals surface area contributed by atoms with Gasteiger partial charge in [-0.2, -0.15) is 4.98 Å². The van der Waals surface area contributed by atoms with Gasteiger partial charge in [-0.05, 0) is 36.1 Å². The van der Waals surface area contributed by atoms with E-state index >= 15 is 0 Å². The van der Waals surface area contributed by atoms with Crippen LogP contribution in [0.15, 0.2) is 48.5 Å². The fourth-order valence-corrected chi connectivity index (χ4v) is 4.69. The van der Waals surface area contributed by atoms with E-state index in [4.69, 9.17) is 18.9 Å². The Hall–Kier alpha value is -2.81. The van der Waals surface area contributed by atoms with Crippen molar-refractivity contribution in [1.29, 1.82) is 0 Å². The van der Waals surface area contributed by atoms with Gasteiger partial charge in [-0.25, -0.2) is 13.9 Å². The zero-order valence-electron chi connectivity index (χ0n) is 20.6. The summed E-state index contributed by atoms with van der Waals surface area (Å²) < 4.78 is 26.5. The fraction of sp³-hybridized carbons (Fsp3) is 0.385. The quantitative estimate of drug-likeness (QED) is 0.538. The zero-order valence-corrected chi connectivity index (χ0v) is 21.4. The van der Waals surface area contributed by atoms with Gasteiger partial charge in [0.15, 0.2) is 0 Å². The van der Waals surface area contributed by atoms with E-state index in [1.807, 2.05) is 24.3 Å². The van der Waals surface area contributed by atoms with E-state index in [0.29, 0.717) is 5.88 Å². The topological polar surface area (TPSA) is 76.6 Å². The minimum Gasteiger partial charge on any atom is -0.468 e. The van der Waals surface area contributed by atoms with Gasteiger partial charge in [0.05, 0.1) is 12.8 Å². The highest BCUT2D eigenvalue weighted by atomic mass is 32.2. The van der Waals surface area contributed by atoms with Crippen LogP contribution < -0.4 is 9.46 Å². The number of ether oxygens (including phenoxy) is 1. The number of rotatable bonds is 6. The van der Waals surface area contributed by atoms with Crippen LogP contribution in [0, 0.1) is 6.92 Å². The lowest BCUT2D eigenvalue weighted by molar-refractivity contribution is 0.121. The van der Waals surface area contributed by atoms with Crippen LogP contribution in [0.1, 0.15) is 49.1 Å². The number of aryl methyl sites for hydroxylation is 1. The Morgan fingerprint density at radius 2 is 1.79 bits per heavy atom. The Bertz CT molecular complexity index is 1210. The van der Waals surface area contributed by atoms with E-state index in [1.165, 1.54) is 12.7 Å². The predicted molar refractivity (Wildman–Crippen MR) is 136 cm³/mol. The summed E-state index contributed by atoms with van der Waals surface area (Å²) in [6, 6.07) is 16.4. The maximum absolute atomic E-state index is 12.1. The Morgan fingerprint density at radius 3 is 2.50 bits per heavy atom. The first kappa shape index (κ1) is 24.3. The second kappa shape index (κ2) is 9.82. The number of nitrogens with one attached hydrogen (secondary N) is 1. The molecule has 0 amide bonds. The van der Waals surface area contributed by atoms with E-state index in [9.17, 15) is 4.21 Å². The van der Waals surface area contributed by atoms with Crippen molar-refractivity contribution in [2.24, 2.45) is 0 Å². The lowest BCUT2D eigenvalue weighted by Crippen LogP contribution is -2.33. The summed E-state index contributed by atoms with van der Waals surface area (Å²) in [5.41, 5.74) is 5.81. The van der Waals surface area contributed by atoms with E-state index in [1.54, 1.807) is 0 Å². The summed E-state index contributed by atoms with van der Waals surface area (Å²) in [6.45, 7) is 10.0. The standard InChI is InChI=1S/C26H32N4O3S/c1-17-11-7-9-13-19(17)23-22(26(2,3)4)24(28-25(27-23)29-34(31)32-6)33-21-16-30(5)15-18-12-8-10-14-20(18)21/h7-14,21H,15-16H2,1-6H3,(H,27,28,29). The third-order valence-corrected chi connectivity index (χ3v) is 6.58. The molecule has 2 unspecified atom stereocenters. The molecule has 0 fully saturated rings. The normalized spacial score (nSPS) is 17.2. The molecule has 1 aromatic heterocycles. The predicted octanol–water partition coefficient (Wildman–Crippen LogP) is 4.95. The van der Waals surface area contributed by atoms with E-state index in [0.717, 1.165) is 41.0 Å². The van der Waals surface area contributed by atoms with Gasteiger partial charge < -0.3 is 4.74 Å². The van der Waals surface area contributed by atoms with Crippen molar-refractivity contribution < 1.29 is 13.1 Å². The van der Waals surface area contributed by atoms with Gasteiger partial charge >= 0.3 is 0 Å². The molecule has 34 heavy (non-hydrogen) atoms. The minimum absolute atomic E-state index is 0.193. The molecule has 2 aromatic carbocycles. The summed E-state index contributed by atoms with van der Waals surface area (Å²) in [6.07, 6.45) is -0.198. The first-order valence-electron chi connectivity index (χ1n) is 11.3. The molecule has 0 saturated carbocycles. The molecular formula is C26H32N4O3S. The Labute approximate surface area is 204 Å². The van der Waals surface area contributed by atoms with Crippen molar-refractivity contribution in [3.05, 3.63) is 70.8 Å². The SMILES string of the molecule is COS(=O)Nc1nc(OC2CN(C)Cc3ccccc32)c(C(C)(C)C)c(-c2ccccc2C)n1. The van der Waals surface area contributed by atoms with Gasteiger partial charge in [-0.1, -0.05) is 69.3 Å². The lowest BCUT2D eigenvalue weighted by atomic mass is 9.84. The van der Waals surface area contributed by atoms with E-state index < -0.39 is 11.3 Å². The maximum atomic E-state index is 12.1. The molecule has 3 aromatic rings. The molecule has 1 aliphatic heterocycles. The Morgan fingerprint density at radius 1 is 1.09 bits per heavy atom. The van der Waals surface area contributed by atoms with Crippen molar-refractivity contribution in [3.8, 4) is 17.1 Å². The van der Waals surface area contributed by atoms with Crippen molar-refractivity contribution in [3.63, 3.8) is 0 Å². The van der Waals surface area contributed by atoms with Gasteiger partial charge in [0.25, 0.3) is 11.3 Å². The van der Waals surface area contributed by atoms with Gasteiger partial charge in [-0.3, -0.25) is 9.08 Å². The molecule has 0 spiro atoms. The average molecular weight is 481 g/mol. The minimum atomic E-state index is -1.77. The second-order valence-electron chi connectivity index (χ2n) is 9.65. The molecule has 1 aliphatic rings. The number of likely N-dealkylation sites (N-methyl/N-ethyl adjacent to an activating group) is 1. The average Bonchev–Trinajstić information content (AvgIpc) is 2.78. The number of aromatic nitrogens is 2. The molecule has 0 saturated heterocycles. The lowest BCUT2D eigenvalue weighted by Gasteiger charge is -2.34. The van der Waals surface area contributed by atoms with Crippen LogP contribution in [-0.4, -0.2) is 39.8 Å². The van der Waals surface area contributed by atoms with Gasteiger partial charge in [-0.15, -0.1) is 0 Å². The highest BCUT2D eigenvalue weighted by Gasteiger charge is 2.32. The second-order valence-corrected chi connectivity index (χ2v) is 10.7. The Balaban J connectivity index is 1.90. The maximum Gasteiger partial charge on any atom is 0.263 e. The molecule has 8 heteroatoms. The smallest absolute Gasteiger partial charge is 0.263 e. The summed E-state index contributed by atoms with van der Waals surface area (Å²) in [7, 11) is 3.45. The van der Waals surface area contributed by atoms with Crippen LogP contribution >= 0.6 is 0 Å². The summed E-state index contributed by atoms with van der Waals surface area (Å²) in [5, 5.41) is 0. The summed E-state index contributed by atoms with van der Waals surface area (Å²) in [4.78, 5) is 11.7. The molecule has 7 nitrogen and oxygen atoms in total. The monoisotopic (exact) mass is 480 g/mol. The van der Waals surface area contributed by atoms with Gasteiger partial charge in [0.2, 0.25) is 11.8 Å². The van der Waals surface area contributed by atoms with Crippen LogP contribution in [0.25, 0.3) is 11.3 Å². The number of fused-ring (bicyclic) bond motifs is 1. The number of anilines is 1. The van der Waals surface area contributed by atoms with Crippen LogP contribution in [0.5, 0.6) is 5.88 Å². The molecular weight excluding hydrogens is 448 g/mol. The highest BCUT2D eigenvalue weighted by Crippen LogP contribution is 2.41. The third-order valence-electron chi connectivity index (χ3n) is 5.93. The van der Waals surface area contributed by atoms with E-state index in [-0.39, 0.29) is 17.5 Å². The third kappa shape index (κ3) is 5.14. The Kier molecular flexibility index (Phi) is 7.02.